The number of rotatable bonds is 8. The Hall–Kier alpha value is -1.68. The molecule has 32 heavy (non-hydrogen) atoms. The summed E-state index contributed by atoms with van der Waals surface area (Å²) in [7, 11) is -3.75. The molecule has 0 aromatic heterocycles. The van der Waals surface area contributed by atoms with Crippen LogP contribution in [0.2, 0.25) is 0 Å². The van der Waals surface area contributed by atoms with Gasteiger partial charge >= 0.3 is 6.18 Å². The van der Waals surface area contributed by atoms with Crippen LogP contribution in [0.15, 0.2) is 12.1 Å². The number of carbonyl (C=O) groups excluding carboxylic acids is 1. The number of sulfonamides is 1. The molecule has 3 fully saturated rings. The van der Waals surface area contributed by atoms with Gasteiger partial charge in [-0.25, -0.2) is 17.1 Å². The SMILES string of the molecule is O=C(CS(=O)(=O)N1CCC1)c1cc(C2CC2)c(OCC2CCC(C(F)(F)F)CC2)cc1F. The van der Waals surface area contributed by atoms with Crippen molar-refractivity contribution in [1.82, 2.24) is 4.31 Å². The second kappa shape index (κ2) is 8.93. The fourth-order valence-corrected chi connectivity index (χ4v) is 5.87. The Labute approximate surface area is 185 Å². The van der Waals surface area contributed by atoms with E-state index in [9.17, 15) is 30.8 Å². The zero-order valence-electron chi connectivity index (χ0n) is 17.7. The van der Waals surface area contributed by atoms with Crippen molar-refractivity contribution in [2.75, 3.05) is 25.4 Å². The van der Waals surface area contributed by atoms with Gasteiger partial charge in [-0.3, -0.25) is 4.79 Å². The van der Waals surface area contributed by atoms with Gasteiger partial charge in [0, 0.05) is 19.2 Å². The highest BCUT2D eigenvalue weighted by Gasteiger charge is 2.41. The van der Waals surface area contributed by atoms with Crippen LogP contribution in [-0.4, -0.2) is 50.1 Å². The Kier molecular flexibility index (Phi) is 6.55. The number of Topliss-reactive ketones (excluding diaryl/α,β-unsaturated/α-hetero) is 1. The maximum atomic E-state index is 14.8. The smallest absolute Gasteiger partial charge is 0.391 e. The Morgan fingerprint density at radius 1 is 1.06 bits per heavy atom. The fraction of sp³-hybridized carbons (Fsp3) is 0.682. The van der Waals surface area contributed by atoms with Crippen LogP contribution in [0, 0.1) is 17.7 Å². The topological polar surface area (TPSA) is 63.7 Å². The highest BCUT2D eigenvalue weighted by molar-refractivity contribution is 7.89. The molecule has 0 atom stereocenters. The number of hydrogen-bond donors (Lipinski definition) is 0. The first kappa shape index (κ1) is 23.5. The number of ether oxygens (including phenoxy) is 1. The van der Waals surface area contributed by atoms with Gasteiger partial charge in [0.2, 0.25) is 10.0 Å². The molecule has 1 heterocycles. The lowest BCUT2D eigenvalue weighted by Crippen LogP contribution is -2.44. The molecule has 0 unspecified atom stereocenters. The highest BCUT2D eigenvalue weighted by Crippen LogP contribution is 2.46. The summed E-state index contributed by atoms with van der Waals surface area (Å²) in [6, 6.07) is 2.52. The average molecular weight is 478 g/mol. The molecule has 2 aliphatic carbocycles. The Morgan fingerprint density at radius 2 is 1.72 bits per heavy atom. The molecule has 178 valence electrons. The Morgan fingerprint density at radius 3 is 2.25 bits per heavy atom. The van der Waals surface area contributed by atoms with Crippen LogP contribution in [0.25, 0.3) is 0 Å². The Balaban J connectivity index is 1.42. The maximum absolute atomic E-state index is 14.8. The first-order valence-electron chi connectivity index (χ1n) is 11.1. The zero-order valence-corrected chi connectivity index (χ0v) is 18.5. The average Bonchev–Trinajstić information content (AvgIpc) is 3.48. The molecule has 0 N–H and O–H groups in total. The van der Waals surface area contributed by atoms with Crippen molar-refractivity contribution in [3.8, 4) is 5.75 Å². The van der Waals surface area contributed by atoms with Gasteiger partial charge in [-0.2, -0.15) is 13.2 Å². The third-order valence-electron chi connectivity index (χ3n) is 6.72. The number of ketones is 1. The number of hydrogen-bond acceptors (Lipinski definition) is 4. The van der Waals surface area contributed by atoms with E-state index in [1.807, 2.05) is 0 Å². The van der Waals surface area contributed by atoms with E-state index in [1.54, 1.807) is 0 Å². The lowest BCUT2D eigenvalue weighted by atomic mass is 9.82. The van der Waals surface area contributed by atoms with Crippen molar-refractivity contribution >= 4 is 15.8 Å². The molecule has 1 saturated heterocycles. The molecule has 0 spiro atoms. The number of nitrogens with zero attached hydrogens (tertiary/aromatic N) is 1. The number of benzene rings is 1. The van der Waals surface area contributed by atoms with Crippen molar-refractivity contribution in [3.63, 3.8) is 0 Å². The van der Waals surface area contributed by atoms with Gasteiger partial charge in [-0.05, 0) is 68.4 Å². The van der Waals surface area contributed by atoms with Gasteiger partial charge in [0.1, 0.15) is 17.3 Å². The molecule has 1 aromatic rings. The van der Waals surface area contributed by atoms with Gasteiger partial charge < -0.3 is 4.74 Å². The van der Waals surface area contributed by atoms with Crippen molar-refractivity contribution in [1.29, 1.82) is 0 Å². The summed E-state index contributed by atoms with van der Waals surface area (Å²) in [6.07, 6.45) is -0.763. The van der Waals surface area contributed by atoms with Gasteiger partial charge in [0.25, 0.3) is 0 Å². The second-order valence-electron chi connectivity index (χ2n) is 9.15. The summed E-state index contributed by atoms with van der Waals surface area (Å²) >= 11 is 0. The van der Waals surface area contributed by atoms with Crippen LogP contribution < -0.4 is 4.74 Å². The lowest BCUT2D eigenvalue weighted by Gasteiger charge is -2.30. The summed E-state index contributed by atoms with van der Waals surface area (Å²) < 4.78 is 84.8. The van der Waals surface area contributed by atoms with E-state index < -0.39 is 39.5 Å². The maximum Gasteiger partial charge on any atom is 0.391 e. The van der Waals surface area contributed by atoms with E-state index in [0.29, 0.717) is 37.2 Å². The van der Waals surface area contributed by atoms with Crippen molar-refractivity contribution in [2.45, 2.75) is 57.0 Å². The normalized spacial score (nSPS) is 24.8. The van der Waals surface area contributed by atoms with Crippen LogP contribution in [-0.2, 0) is 10.0 Å². The minimum Gasteiger partial charge on any atom is -0.493 e. The largest absolute Gasteiger partial charge is 0.493 e. The Bertz CT molecular complexity index is 963. The molecule has 1 aromatic carbocycles. The van der Waals surface area contributed by atoms with E-state index in [1.165, 1.54) is 10.4 Å². The second-order valence-corrected chi connectivity index (χ2v) is 11.1. The van der Waals surface area contributed by atoms with E-state index in [4.69, 9.17) is 4.74 Å². The van der Waals surface area contributed by atoms with Crippen molar-refractivity contribution in [3.05, 3.63) is 29.1 Å². The van der Waals surface area contributed by atoms with E-state index >= 15 is 0 Å². The standard InChI is InChI=1S/C22H27F4NO4S/c23-19-11-21(31-12-14-2-6-16(7-3-14)22(24,25)26)17(15-4-5-15)10-18(19)20(28)13-32(29,30)27-8-1-9-27/h10-11,14-16H,1-9,12-13H2. The molecule has 2 saturated carbocycles. The van der Waals surface area contributed by atoms with Gasteiger partial charge in [-0.1, -0.05) is 0 Å². The number of alkyl halides is 3. The summed E-state index contributed by atoms with van der Waals surface area (Å²) in [5.41, 5.74) is 0.411. The van der Waals surface area contributed by atoms with Crippen LogP contribution in [0.1, 0.15) is 66.8 Å². The molecule has 5 nitrogen and oxygen atoms in total. The van der Waals surface area contributed by atoms with E-state index in [2.05, 4.69) is 0 Å². The van der Waals surface area contributed by atoms with Crippen LogP contribution in [0.3, 0.4) is 0 Å². The summed E-state index contributed by atoms with van der Waals surface area (Å²) in [6.45, 7) is 0.951. The molecule has 0 bridgehead atoms. The molecule has 0 amide bonds. The van der Waals surface area contributed by atoms with Crippen LogP contribution in [0.4, 0.5) is 17.6 Å². The van der Waals surface area contributed by atoms with E-state index in [-0.39, 0.29) is 36.8 Å². The zero-order chi connectivity index (χ0) is 23.1. The molecular formula is C22H27F4NO4S. The lowest BCUT2D eigenvalue weighted by molar-refractivity contribution is -0.184. The van der Waals surface area contributed by atoms with Gasteiger partial charge in [0.15, 0.2) is 5.78 Å². The van der Waals surface area contributed by atoms with E-state index in [0.717, 1.165) is 25.3 Å². The molecule has 0 radical (unpaired) electrons. The predicted molar refractivity (Wildman–Crippen MR) is 110 cm³/mol. The molecular weight excluding hydrogens is 450 g/mol. The molecule has 4 rings (SSSR count). The van der Waals surface area contributed by atoms with Crippen molar-refractivity contribution < 1.29 is 35.5 Å². The molecule has 1 aliphatic heterocycles. The molecule has 10 heteroatoms. The number of carbonyl (C=O) groups is 1. The van der Waals surface area contributed by atoms with Crippen LogP contribution in [0.5, 0.6) is 5.75 Å². The monoisotopic (exact) mass is 477 g/mol. The minimum absolute atomic E-state index is 0.0355. The fourth-order valence-electron chi connectivity index (χ4n) is 4.39. The number of halogens is 4. The summed E-state index contributed by atoms with van der Waals surface area (Å²) in [5, 5.41) is 0. The molecule has 3 aliphatic rings. The first-order chi connectivity index (χ1) is 15.0. The van der Waals surface area contributed by atoms with Gasteiger partial charge in [-0.15, -0.1) is 0 Å². The summed E-state index contributed by atoms with van der Waals surface area (Å²) in [4.78, 5) is 12.6. The van der Waals surface area contributed by atoms with Crippen LogP contribution >= 0.6 is 0 Å². The van der Waals surface area contributed by atoms with Gasteiger partial charge in [0.05, 0.1) is 18.1 Å². The predicted octanol–water partition coefficient (Wildman–Crippen LogP) is 4.67. The highest BCUT2D eigenvalue weighted by atomic mass is 32.2. The third-order valence-corrected chi connectivity index (χ3v) is 8.50. The summed E-state index contributed by atoms with van der Waals surface area (Å²) in [5.74, 6) is -3.28. The third kappa shape index (κ3) is 5.27. The minimum atomic E-state index is -4.17. The quantitative estimate of drug-likeness (QED) is 0.403. The first-order valence-corrected chi connectivity index (χ1v) is 12.7. The van der Waals surface area contributed by atoms with Crippen molar-refractivity contribution in [2.24, 2.45) is 11.8 Å².